The average molecular weight is 267 g/mol. The molecule has 3 nitrogen and oxygen atoms in total. The number of benzene rings is 2. The molecule has 0 amide bonds. The first kappa shape index (κ1) is 14.0. The Labute approximate surface area is 118 Å². The summed E-state index contributed by atoms with van der Waals surface area (Å²) in [6.07, 6.45) is 0.891. The quantitative estimate of drug-likeness (QED) is 0.482. The van der Waals surface area contributed by atoms with Gasteiger partial charge >= 0.3 is 5.97 Å². The summed E-state index contributed by atoms with van der Waals surface area (Å²) in [6.45, 7) is 3.44. The maximum Gasteiger partial charge on any atom is 0.332 e. The van der Waals surface area contributed by atoms with Crippen molar-refractivity contribution in [3.8, 4) is 0 Å². The van der Waals surface area contributed by atoms with E-state index in [4.69, 9.17) is 4.84 Å². The van der Waals surface area contributed by atoms with Gasteiger partial charge in [0.05, 0.1) is 0 Å². The summed E-state index contributed by atoms with van der Waals surface area (Å²) in [7, 11) is 0. The Morgan fingerprint density at radius 2 is 1.70 bits per heavy atom. The van der Waals surface area contributed by atoms with Crippen LogP contribution in [0.4, 0.5) is 0 Å². The molecule has 0 saturated carbocycles. The van der Waals surface area contributed by atoms with Crippen molar-refractivity contribution >= 4 is 11.7 Å². The van der Waals surface area contributed by atoms with Crippen LogP contribution < -0.4 is 0 Å². The Morgan fingerprint density at radius 1 is 1.05 bits per heavy atom. The lowest BCUT2D eigenvalue weighted by atomic mass is 9.96. The van der Waals surface area contributed by atoms with E-state index in [-0.39, 0.29) is 0 Å². The molecule has 102 valence electrons. The molecule has 0 aromatic heterocycles. The van der Waals surface area contributed by atoms with Gasteiger partial charge in [0.15, 0.2) is 0 Å². The Hall–Kier alpha value is -2.42. The minimum Gasteiger partial charge on any atom is -0.318 e. The van der Waals surface area contributed by atoms with Crippen molar-refractivity contribution in [3.05, 3.63) is 71.3 Å². The summed E-state index contributed by atoms with van der Waals surface area (Å²) in [5, 5.41) is 4.04. The number of oxime groups is 1. The SMILES string of the molecule is CCc1ccccc1C(=NOC(C)=O)c1ccccc1. The second-order valence-corrected chi connectivity index (χ2v) is 4.40. The Morgan fingerprint density at radius 3 is 2.35 bits per heavy atom. The van der Waals surface area contributed by atoms with Gasteiger partial charge in [0, 0.05) is 18.1 Å². The molecule has 0 N–H and O–H groups in total. The van der Waals surface area contributed by atoms with Crippen molar-refractivity contribution in [1.29, 1.82) is 0 Å². The van der Waals surface area contributed by atoms with Gasteiger partial charge in [0.1, 0.15) is 5.71 Å². The first-order chi connectivity index (χ1) is 9.72. The van der Waals surface area contributed by atoms with Crippen LogP contribution in [0.1, 0.15) is 30.5 Å². The van der Waals surface area contributed by atoms with E-state index in [1.807, 2.05) is 48.5 Å². The fraction of sp³-hybridized carbons (Fsp3) is 0.176. The van der Waals surface area contributed by atoms with Crippen LogP contribution >= 0.6 is 0 Å². The maximum absolute atomic E-state index is 11.0. The van der Waals surface area contributed by atoms with E-state index in [1.54, 1.807) is 0 Å². The van der Waals surface area contributed by atoms with E-state index >= 15 is 0 Å². The molecule has 0 atom stereocenters. The van der Waals surface area contributed by atoms with E-state index in [0.717, 1.165) is 17.5 Å². The third kappa shape index (κ3) is 3.32. The van der Waals surface area contributed by atoms with Gasteiger partial charge in [-0.15, -0.1) is 0 Å². The lowest BCUT2D eigenvalue weighted by Gasteiger charge is -2.10. The number of carbonyl (C=O) groups excluding carboxylic acids is 1. The first-order valence-corrected chi connectivity index (χ1v) is 6.61. The molecule has 20 heavy (non-hydrogen) atoms. The van der Waals surface area contributed by atoms with E-state index in [9.17, 15) is 4.79 Å². The average Bonchev–Trinajstić information content (AvgIpc) is 2.49. The van der Waals surface area contributed by atoms with Gasteiger partial charge < -0.3 is 4.84 Å². The molecule has 0 radical (unpaired) electrons. The lowest BCUT2D eigenvalue weighted by Crippen LogP contribution is -2.08. The minimum atomic E-state index is -0.424. The van der Waals surface area contributed by atoms with E-state index in [2.05, 4.69) is 18.1 Å². The van der Waals surface area contributed by atoms with E-state index in [1.165, 1.54) is 12.5 Å². The van der Waals surface area contributed by atoms with Crippen LogP contribution in [-0.4, -0.2) is 11.7 Å². The highest BCUT2D eigenvalue weighted by molar-refractivity contribution is 6.13. The molecule has 0 aliphatic rings. The second kappa shape index (κ2) is 6.66. The van der Waals surface area contributed by atoms with Crippen molar-refractivity contribution in [2.24, 2.45) is 5.16 Å². The molecule has 0 aliphatic heterocycles. The largest absolute Gasteiger partial charge is 0.332 e. The number of hydrogen-bond acceptors (Lipinski definition) is 3. The molecule has 2 rings (SSSR count). The monoisotopic (exact) mass is 267 g/mol. The zero-order chi connectivity index (χ0) is 14.4. The van der Waals surface area contributed by atoms with Crippen LogP contribution in [0.2, 0.25) is 0 Å². The summed E-state index contributed by atoms with van der Waals surface area (Å²) in [5.41, 5.74) is 3.76. The van der Waals surface area contributed by atoms with E-state index < -0.39 is 5.97 Å². The van der Waals surface area contributed by atoms with Crippen LogP contribution in [-0.2, 0) is 16.1 Å². The molecule has 0 unspecified atom stereocenters. The zero-order valence-electron chi connectivity index (χ0n) is 11.7. The number of nitrogens with zero attached hydrogens (tertiary/aromatic N) is 1. The standard InChI is InChI=1S/C17H17NO2/c1-3-14-9-7-8-12-16(14)17(18-20-13(2)19)15-10-5-4-6-11-15/h4-12H,3H2,1-2H3. The Bertz CT molecular complexity index is 618. The fourth-order valence-electron chi connectivity index (χ4n) is 2.02. The topological polar surface area (TPSA) is 38.7 Å². The zero-order valence-corrected chi connectivity index (χ0v) is 11.7. The molecule has 0 aliphatic carbocycles. The second-order valence-electron chi connectivity index (χ2n) is 4.40. The normalized spacial score (nSPS) is 11.2. The summed E-state index contributed by atoms with van der Waals surface area (Å²) >= 11 is 0. The van der Waals surface area contributed by atoms with Crippen molar-refractivity contribution in [2.45, 2.75) is 20.3 Å². The summed E-state index contributed by atoms with van der Waals surface area (Å²) in [6, 6.07) is 17.7. The highest BCUT2D eigenvalue weighted by Gasteiger charge is 2.11. The molecule has 0 spiro atoms. The highest BCUT2D eigenvalue weighted by Crippen LogP contribution is 2.16. The van der Waals surface area contributed by atoms with Gasteiger partial charge in [-0.3, -0.25) is 0 Å². The molecule has 0 saturated heterocycles. The van der Waals surface area contributed by atoms with Crippen molar-refractivity contribution in [3.63, 3.8) is 0 Å². The molecule has 0 heterocycles. The maximum atomic E-state index is 11.0. The highest BCUT2D eigenvalue weighted by atomic mass is 16.7. The van der Waals surface area contributed by atoms with Gasteiger partial charge in [0.25, 0.3) is 0 Å². The van der Waals surface area contributed by atoms with Crippen LogP contribution in [0.25, 0.3) is 0 Å². The van der Waals surface area contributed by atoms with Crippen molar-refractivity contribution in [2.75, 3.05) is 0 Å². The van der Waals surface area contributed by atoms with Crippen molar-refractivity contribution < 1.29 is 9.63 Å². The number of carbonyl (C=O) groups is 1. The summed E-state index contributed by atoms with van der Waals surface area (Å²) in [5.74, 6) is -0.424. The number of hydrogen-bond donors (Lipinski definition) is 0. The Balaban J connectivity index is 2.52. The molecule has 2 aromatic carbocycles. The summed E-state index contributed by atoms with van der Waals surface area (Å²) < 4.78 is 0. The molecular weight excluding hydrogens is 250 g/mol. The van der Waals surface area contributed by atoms with E-state index in [0.29, 0.717) is 5.71 Å². The van der Waals surface area contributed by atoms with Crippen LogP contribution in [0, 0.1) is 0 Å². The van der Waals surface area contributed by atoms with Gasteiger partial charge in [0.2, 0.25) is 0 Å². The third-order valence-electron chi connectivity index (χ3n) is 2.97. The predicted octanol–water partition coefficient (Wildman–Crippen LogP) is 3.56. The van der Waals surface area contributed by atoms with Gasteiger partial charge in [-0.05, 0) is 12.0 Å². The Kier molecular flexibility index (Phi) is 4.66. The van der Waals surface area contributed by atoms with Crippen molar-refractivity contribution in [1.82, 2.24) is 0 Å². The molecule has 0 fully saturated rings. The minimum absolute atomic E-state index is 0.424. The van der Waals surface area contributed by atoms with Gasteiger partial charge in [-0.1, -0.05) is 66.7 Å². The molecule has 0 bridgehead atoms. The number of rotatable bonds is 4. The third-order valence-corrected chi connectivity index (χ3v) is 2.97. The smallest absolute Gasteiger partial charge is 0.318 e. The van der Waals surface area contributed by atoms with Gasteiger partial charge in [-0.2, -0.15) is 0 Å². The first-order valence-electron chi connectivity index (χ1n) is 6.61. The van der Waals surface area contributed by atoms with Crippen LogP contribution in [0.5, 0.6) is 0 Å². The van der Waals surface area contributed by atoms with Gasteiger partial charge in [-0.25, -0.2) is 4.79 Å². The summed E-state index contributed by atoms with van der Waals surface area (Å²) in [4.78, 5) is 15.9. The lowest BCUT2D eigenvalue weighted by molar-refractivity contribution is -0.140. The predicted molar refractivity (Wildman–Crippen MR) is 79.7 cm³/mol. The fourth-order valence-corrected chi connectivity index (χ4v) is 2.02. The molecule has 2 aromatic rings. The van der Waals surface area contributed by atoms with Crippen LogP contribution in [0.3, 0.4) is 0 Å². The number of aryl methyl sites for hydroxylation is 1. The molecule has 3 heteroatoms. The van der Waals surface area contributed by atoms with Crippen LogP contribution in [0.15, 0.2) is 59.8 Å². The molecular formula is C17H17NO2.